The van der Waals surface area contributed by atoms with Crippen molar-refractivity contribution in [2.24, 2.45) is 10.2 Å². The molecular formula is C24H29Cl2N3O6. The van der Waals surface area contributed by atoms with E-state index in [1.807, 2.05) is 6.92 Å². The Kier molecular flexibility index (Phi) is 11.1. The fourth-order valence-electron chi connectivity index (χ4n) is 3.04. The SMILES string of the molecule is CCOc1ccc(OCC)c(N=NC(C(C)=O)C(=O)N(Cl)c2c(OCC)cccc2OCC)c1Cl. The lowest BCUT2D eigenvalue weighted by Gasteiger charge is -2.22. The molecular weight excluding hydrogens is 497 g/mol. The molecule has 0 radical (unpaired) electrons. The molecule has 0 aliphatic heterocycles. The molecule has 1 unspecified atom stereocenters. The van der Waals surface area contributed by atoms with Crippen molar-refractivity contribution >= 4 is 46.4 Å². The molecule has 0 N–H and O–H groups in total. The van der Waals surface area contributed by atoms with Crippen LogP contribution in [0.15, 0.2) is 40.6 Å². The van der Waals surface area contributed by atoms with Gasteiger partial charge in [-0.25, -0.2) is 4.42 Å². The highest BCUT2D eigenvalue weighted by Gasteiger charge is 2.32. The number of nitrogens with zero attached hydrogens (tertiary/aromatic N) is 3. The van der Waals surface area contributed by atoms with Crippen LogP contribution >= 0.6 is 23.4 Å². The van der Waals surface area contributed by atoms with Gasteiger partial charge < -0.3 is 18.9 Å². The van der Waals surface area contributed by atoms with Crippen molar-refractivity contribution in [3.05, 3.63) is 35.4 Å². The van der Waals surface area contributed by atoms with Crippen LogP contribution < -0.4 is 23.4 Å². The van der Waals surface area contributed by atoms with Crippen molar-refractivity contribution in [2.45, 2.75) is 40.7 Å². The molecule has 35 heavy (non-hydrogen) atoms. The fourth-order valence-corrected chi connectivity index (χ4v) is 3.55. The van der Waals surface area contributed by atoms with Gasteiger partial charge in [-0.1, -0.05) is 17.7 Å². The second kappa shape index (κ2) is 13.7. The van der Waals surface area contributed by atoms with Crippen molar-refractivity contribution in [1.82, 2.24) is 0 Å². The van der Waals surface area contributed by atoms with E-state index in [0.717, 1.165) is 4.42 Å². The first-order chi connectivity index (χ1) is 16.8. The number of benzene rings is 2. The third kappa shape index (κ3) is 6.99. The van der Waals surface area contributed by atoms with Crippen molar-refractivity contribution in [1.29, 1.82) is 0 Å². The Bertz CT molecular complexity index is 1040. The number of amides is 1. The molecule has 11 heteroatoms. The summed E-state index contributed by atoms with van der Waals surface area (Å²) in [5, 5.41) is 8.23. The largest absolute Gasteiger partial charge is 0.492 e. The zero-order valence-electron chi connectivity index (χ0n) is 20.3. The van der Waals surface area contributed by atoms with E-state index in [4.69, 9.17) is 42.3 Å². The number of hydrogen-bond donors (Lipinski definition) is 0. The molecule has 0 fully saturated rings. The smallest absolute Gasteiger partial charge is 0.276 e. The van der Waals surface area contributed by atoms with E-state index in [-0.39, 0.29) is 16.4 Å². The van der Waals surface area contributed by atoms with Crippen LogP contribution in [0.1, 0.15) is 34.6 Å². The Morgan fingerprint density at radius 1 is 0.857 bits per heavy atom. The molecule has 2 rings (SSSR count). The maximum absolute atomic E-state index is 13.3. The number of ketones is 1. The van der Waals surface area contributed by atoms with Crippen LogP contribution in [0.3, 0.4) is 0 Å². The monoisotopic (exact) mass is 525 g/mol. The lowest BCUT2D eigenvalue weighted by molar-refractivity contribution is -0.126. The van der Waals surface area contributed by atoms with Gasteiger partial charge in [0.2, 0.25) is 6.04 Å². The lowest BCUT2D eigenvalue weighted by Crippen LogP contribution is -2.36. The molecule has 0 aliphatic rings. The predicted molar refractivity (Wildman–Crippen MR) is 135 cm³/mol. The van der Waals surface area contributed by atoms with Crippen molar-refractivity contribution < 1.29 is 28.5 Å². The molecule has 0 bridgehead atoms. The summed E-state index contributed by atoms with van der Waals surface area (Å²) in [5.74, 6) is -0.109. The molecule has 190 valence electrons. The summed E-state index contributed by atoms with van der Waals surface area (Å²) < 4.78 is 23.1. The Hall–Kier alpha value is -3.04. The average molecular weight is 526 g/mol. The fraction of sp³-hybridized carbons (Fsp3) is 0.417. The minimum absolute atomic E-state index is 0.129. The molecule has 1 amide bonds. The minimum Gasteiger partial charge on any atom is -0.492 e. The minimum atomic E-state index is -1.56. The second-order valence-electron chi connectivity index (χ2n) is 6.91. The summed E-state index contributed by atoms with van der Waals surface area (Å²) in [6.45, 7) is 9.77. The first-order valence-electron chi connectivity index (χ1n) is 11.2. The van der Waals surface area contributed by atoms with Gasteiger partial charge in [-0.05, 0) is 58.9 Å². The zero-order valence-corrected chi connectivity index (χ0v) is 21.9. The van der Waals surface area contributed by atoms with Gasteiger partial charge in [0, 0.05) is 11.8 Å². The molecule has 9 nitrogen and oxygen atoms in total. The number of halogens is 2. The van der Waals surface area contributed by atoms with Crippen LogP contribution in [0.4, 0.5) is 11.4 Å². The van der Waals surface area contributed by atoms with Gasteiger partial charge in [-0.3, -0.25) is 9.59 Å². The highest BCUT2D eigenvalue weighted by Crippen LogP contribution is 2.43. The number of carbonyl (C=O) groups excluding carboxylic acids is 2. The summed E-state index contributed by atoms with van der Waals surface area (Å²) in [7, 11) is 0. The average Bonchev–Trinajstić information content (AvgIpc) is 2.82. The molecule has 0 aliphatic carbocycles. The number of Topliss-reactive ketones (excluding diaryl/α,β-unsaturated/α-hetero) is 1. The van der Waals surface area contributed by atoms with Crippen LogP contribution in [-0.4, -0.2) is 44.2 Å². The van der Waals surface area contributed by atoms with E-state index in [0.29, 0.717) is 49.4 Å². The first-order valence-corrected chi connectivity index (χ1v) is 11.9. The number of rotatable bonds is 13. The number of hydrogen-bond acceptors (Lipinski definition) is 8. The Morgan fingerprint density at radius 3 is 1.86 bits per heavy atom. The highest BCUT2D eigenvalue weighted by molar-refractivity contribution is 6.40. The van der Waals surface area contributed by atoms with Gasteiger partial charge in [0.15, 0.2) is 5.78 Å². The lowest BCUT2D eigenvalue weighted by atomic mass is 10.2. The molecule has 1 atom stereocenters. The topological polar surface area (TPSA) is 99.0 Å². The van der Waals surface area contributed by atoms with E-state index in [9.17, 15) is 9.59 Å². The van der Waals surface area contributed by atoms with E-state index >= 15 is 0 Å². The molecule has 2 aromatic rings. The molecule has 0 saturated heterocycles. The molecule has 2 aromatic carbocycles. The van der Waals surface area contributed by atoms with Crippen LogP contribution in [0.5, 0.6) is 23.0 Å². The van der Waals surface area contributed by atoms with Crippen molar-refractivity contribution in [3.63, 3.8) is 0 Å². The standard InChI is InChI=1S/C24H29Cl2N3O6/c1-6-32-16-13-14-17(33-7-2)22(20(16)25)28-27-21(15(5)30)24(31)29(26)23-18(34-8-3)11-10-12-19(23)35-9-4/h10-14,21H,6-9H2,1-5H3. The number of azo groups is 1. The van der Waals surface area contributed by atoms with Gasteiger partial charge in [0.05, 0.1) is 26.4 Å². The van der Waals surface area contributed by atoms with Gasteiger partial charge in [-0.15, -0.1) is 5.11 Å². The Morgan fingerprint density at radius 2 is 1.34 bits per heavy atom. The zero-order chi connectivity index (χ0) is 26.0. The van der Waals surface area contributed by atoms with Gasteiger partial charge in [0.25, 0.3) is 5.91 Å². The highest BCUT2D eigenvalue weighted by atomic mass is 35.5. The summed E-state index contributed by atoms with van der Waals surface area (Å²) in [6.07, 6.45) is 0. The third-order valence-corrected chi connectivity index (χ3v) is 5.19. The van der Waals surface area contributed by atoms with Crippen LogP contribution in [0.2, 0.25) is 5.02 Å². The molecule has 0 aromatic heterocycles. The quantitative estimate of drug-likeness (QED) is 0.176. The molecule has 0 spiro atoms. The Labute approximate surface area is 215 Å². The molecule has 0 saturated carbocycles. The van der Waals surface area contributed by atoms with Crippen LogP contribution in [-0.2, 0) is 9.59 Å². The number of ether oxygens (including phenoxy) is 4. The normalized spacial score (nSPS) is 11.7. The number of anilines is 1. The summed E-state index contributed by atoms with van der Waals surface area (Å²) >= 11 is 12.9. The third-order valence-electron chi connectivity index (χ3n) is 4.49. The second-order valence-corrected chi connectivity index (χ2v) is 7.62. The van der Waals surface area contributed by atoms with Gasteiger partial charge in [-0.2, -0.15) is 5.11 Å². The summed E-state index contributed by atoms with van der Waals surface area (Å²) in [5.41, 5.74) is 0.292. The van der Waals surface area contributed by atoms with Crippen molar-refractivity contribution in [2.75, 3.05) is 30.8 Å². The number of para-hydroxylation sites is 1. The van der Waals surface area contributed by atoms with E-state index < -0.39 is 17.7 Å². The van der Waals surface area contributed by atoms with E-state index in [1.165, 1.54) is 6.92 Å². The number of carbonyl (C=O) groups is 2. The van der Waals surface area contributed by atoms with Crippen molar-refractivity contribution in [3.8, 4) is 23.0 Å². The predicted octanol–water partition coefficient (Wildman–Crippen LogP) is 6.16. The first kappa shape index (κ1) is 28.2. The maximum Gasteiger partial charge on any atom is 0.276 e. The summed E-state index contributed by atoms with van der Waals surface area (Å²) in [6, 6.07) is 6.70. The van der Waals surface area contributed by atoms with Gasteiger partial charge in [0.1, 0.15) is 39.4 Å². The van der Waals surface area contributed by atoms with Gasteiger partial charge >= 0.3 is 0 Å². The summed E-state index contributed by atoms with van der Waals surface area (Å²) in [4.78, 5) is 25.7. The van der Waals surface area contributed by atoms with Crippen LogP contribution in [0, 0.1) is 0 Å². The Balaban J connectivity index is 2.49. The maximum atomic E-state index is 13.3. The van der Waals surface area contributed by atoms with E-state index in [1.54, 1.807) is 51.1 Å². The molecule has 0 heterocycles. The van der Waals surface area contributed by atoms with E-state index in [2.05, 4.69) is 10.2 Å². The van der Waals surface area contributed by atoms with Crippen LogP contribution in [0.25, 0.3) is 0 Å².